The SMILES string of the molecule is Cc1cccc(S(=O)(=O)NC(/C=C/c2ccccc2)P(=O)(Oc2ccccc2)Oc2ccccc2)n1. The van der Waals surface area contributed by atoms with Crippen molar-refractivity contribution < 1.29 is 22.0 Å². The molecule has 0 aliphatic carbocycles. The first-order chi connectivity index (χ1) is 17.3. The summed E-state index contributed by atoms with van der Waals surface area (Å²) in [4.78, 5) is 4.12. The van der Waals surface area contributed by atoms with Crippen LogP contribution in [0.15, 0.2) is 120 Å². The summed E-state index contributed by atoms with van der Waals surface area (Å²) >= 11 is 0. The van der Waals surface area contributed by atoms with Crippen molar-refractivity contribution in [1.82, 2.24) is 9.71 Å². The number of rotatable bonds is 10. The van der Waals surface area contributed by atoms with E-state index in [-0.39, 0.29) is 16.5 Å². The predicted molar refractivity (Wildman–Crippen MR) is 140 cm³/mol. The maximum Gasteiger partial charge on any atom is 0.452 e. The molecule has 1 unspecified atom stereocenters. The molecule has 36 heavy (non-hydrogen) atoms. The normalized spacial score (nSPS) is 12.8. The summed E-state index contributed by atoms with van der Waals surface area (Å²) in [5.41, 5.74) is 1.31. The highest BCUT2D eigenvalue weighted by molar-refractivity contribution is 7.89. The van der Waals surface area contributed by atoms with Crippen LogP contribution in [0, 0.1) is 6.92 Å². The third-order valence-corrected chi connectivity index (χ3v) is 8.41. The highest BCUT2D eigenvalue weighted by atomic mass is 32.2. The highest BCUT2D eigenvalue weighted by Gasteiger charge is 2.41. The van der Waals surface area contributed by atoms with Gasteiger partial charge in [-0.05, 0) is 48.9 Å². The molecule has 0 aliphatic heterocycles. The van der Waals surface area contributed by atoms with Gasteiger partial charge in [-0.3, -0.25) is 0 Å². The molecule has 4 aromatic rings. The Bertz CT molecular complexity index is 1420. The largest absolute Gasteiger partial charge is 0.452 e. The van der Waals surface area contributed by atoms with Gasteiger partial charge in [0.25, 0.3) is 10.0 Å². The van der Waals surface area contributed by atoms with Crippen molar-refractivity contribution in [2.75, 3.05) is 0 Å². The van der Waals surface area contributed by atoms with Crippen molar-refractivity contribution in [1.29, 1.82) is 0 Å². The first-order valence-corrected chi connectivity index (χ1v) is 14.2. The number of aryl methyl sites for hydroxylation is 1. The van der Waals surface area contributed by atoms with Crippen molar-refractivity contribution in [3.63, 3.8) is 0 Å². The molecule has 9 heteroatoms. The molecule has 4 rings (SSSR count). The van der Waals surface area contributed by atoms with Gasteiger partial charge in [-0.2, -0.15) is 4.72 Å². The van der Waals surface area contributed by atoms with Gasteiger partial charge in [-0.25, -0.2) is 18.0 Å². The van der Waals surface area contributed by atoms with Gasteiger partial charge < -0.3 is 9.05 Å². The maximum absolute atomic E-state index is 14.4. The molecule has 1 N–H and O–H groups in total. The van der Waals surface area contributed by atoms with Crippen LogP contribution in [0.5, 0.6) is 11.5 Å². The molecule has 0 aliphatic rings. The standard InChI is InChI=1S/C27H25N2O5PS/c1-22-12-11-19-27(28-22)36(31,32)29-26(21-20-23-13-5-2-6-14-23)35(30,33-24-15-7-3-8-16-24)34-25-17-9-4-10-18-25/h2-21,26,29H,1H3/b21-20+. The molecule has 0 radical (unpaired) electrons. The average Bonchev–Trinajstić information content (AvgIpc) is 2.88. The van der Waals surface area contributed by atoms with E-state index in [0.717, 1.165) is 5.56 Å². The van der Waals surface area contributed by atoms with E-state index >= 15 is 0 Å². The van der Waals surface area contributed by atoms with Crippen LogP contribution < -0.4 is 13.8 Å². The van der Waals surface area contributed by atoms with E-state index in [1.54, 1.807) is 85.8 Å². The number of nitrogens with zero attached hydrogens (tertiary/aromatic N) is 1. The Labute approximate surface area is 211 Å². The van der Waals surface area contributed by atoms with Crippen LogP contribution in [-0.4, -0.2) is 19.2 Å². The van der Waals surface area contributed by atoms with Gasteiger partial charge in [0.1, 0.15) is 11.5 Å². The van der Waals surface area contributed by atoms with Gasteiger partial charge in [0.05, 0.1) is 0 Å². The van der Waals surface area contributed by atoms with E-state index in [0.29, 0.717) is 5.69 Å². The smallest absolute Gasteiger partial charge is 0.415 e. The number of aromatic nitrogens is 1. The monoisotopic (exact) mass is 520 g/mol. The minimum atomic E-state index is -4.24. The molecular weight excluding hydrogens is 495 g/mol. The van der Waals surface area contributed by atoms with Gasteiger partial charge in [0.2, 0.25) is 0 Å². The van der Waals surface area contributed by atoms with E-state index < -0.39 is 23.4 Å². The minimum absolute atomic E-state index is 0.202. The summed E-state index contributed by atoms with van der Waals surface area (Å²) in [7, 11) is -8.44. The number of para-hydroxylation sites is 2. The van der Waals surface area contributed by atoms with Crippen molar-refractivity contribution in [3.8, 4) is 11.5 Å². The van der Waals surface area contributed by atoms with Crippen LogP contribution in [0.3, 0.4) is 0 Å². The summed E-state index contributed by atoms with van der Waals surface area (Å²) in [6.07, 6.45) is 3.13. The van der Waals surface area contributed by atoms with E-state index in [4.69, 9.17) is 9.05 Å². The van der Waals surface area contributed by atoms with Crippen molar-refractivity contribution in [2.45, 2.75) is 17.7 Å². The number of pyridine rings is 1. The lowest BCUT2D eigenvalue weighted by Crippen LogP contribution is -2.36. The fraction of sp³-hybridized carbons (Fsp3) is 0.0741. The van der Waals surface area contributed by atoms with E-state index in [9.17, 15) is 13.0 Å². The molecule has 1 heterocycles. The molecule has 0 spiro atoms. The molecule has 3 aromatic carbocycles. The Morgan fingerprint density at radius 2 is 1.31 bits per heavy atom. The van der Waals surface area contributed by atoms with Crippen LogP contribution in [0.25, 0.3) is 6.08 Å². The third kappa shape index (κ3) is 6.70. The van der Waals surface area contributed by atoms with Gasteiger partial charge in [0.15, 0.2) is 10.8 Å². The summed E-state index contributed by atoms with van der Waals surface area (Å²) in [5.74, 6) is -0.851. The predicted octanol–water partition coefficient (Wildman–Crippen LogP) is 6.06. The Morgan fingerprint density at radius 3 is 1.83 bits per heavy atom. The number of hydrogen-bond acceptors (Lipinski definition) is 6. The second-order valence-electron chi connectivity index (χ2n) is 7.80. The first kappa shape index (κ1) is 25.4. The zero-order chi connectivity index (χ0) is 25.4. The summed E-state index contributed by atoms with van der Waals surface area (Å²) < 4.78 is 55.3. The lowest BCUT2D eigenvalue weighted by molar-refractivity contribution is 0.375. The number of hydrogen-bond donors (Lipinski definition) is 1. The fourth-order valence-corrected chi connectivity index (χ4v) is 6.62. The lowest BCUT2D eigenvalue weighted by Gasteiger charge is -2.26. The highest BCUT2D eigenvalue weighted by Crippen LogP contribution is 2.53. The number of benzene rings is 3. The fourth-order valence-electron chi connectivity index (χ4n) is 3.25. The topological polar surface area (TPSA) is 94.6 Å². The Balaban J connectivity index is 1.78. The second kappa shape index (κ2) is 11.4. The quantitative estimate of drug-likeness (QED) is 0.256. The van der Waals surface area contributed by atoms with Crippen molar-refractivity contribution in [3.05, 3.63) is 127 Å². The summed E-state index contributed by atoms with van der Waals surface area (Å²) in [6, 6.07) is 30.8. The van der Waals surface area contributed by atoms with E-state index in [2.05, 4.69) is 9.71 Å². The van der Waals surface area contributed by atoms with Gasteiger partial charge in [-0.1, -0.05) is 84.9 Å². The Morgan fingerprint density at radius 1 is 0.778 bits per heavy atom. The van der Waals surface area contributed by atoms with Crippen molar-refractivity contribution >= 4 is 23.7 Å². The minimum Gasteiger partial charge on any atom is -0.415 e. The zero-order valence-electron chi connectivity index (χ0n) is 19.5. The molecule has 0 saturated carbocycles. The van der Waals surface area contributed by atoms with Crippen LogP contribution in [0.2, 0.25) is 0 Å². The van der Waals surface area contributed by atoms with Crippen LogP contribution in [-0.2, 0) is 14.6 Å². The summed E-state index contributed by atoms with van der Waals surface area (Å²) in [5, 5.41) is -0.202. The van der Waals surface area contributed by atoms with Crippen molar-refractivity contribution in [2.24, 2.45) is 0 Å². The van der Waals surface area contributed by atoms with Crippen LogP contribution in [0.1, 0.15) is 11.3 Å². The molecule has 1 atom stereocenters. The third-order valence-electron chi connectivity index (χ3n) is 4.98. The summed E-state index contributed by atoms with van der Waals surface area (Å²) in [6.45, 7) is 1.69. The van der Waals surface area contributed by atoms with Crippen LogP contribution in [0.4, 0.5) is 0 Å². The first-order valence-electron chi connectivity index (χ1n) is 11.1. The number of nitrogens with one attached hydrogen (secondary N) is 1. The second-order valence-corrected chi connectivity index (χ2v) is 11.5. The molecule has 0 amide bonds. The van der Waals surface area contributed by atoms with Gasteiger partial charge in [-0.15, -0.1) is 0 Å². The average molecular weight is 521 g/mol. The molecular formula is C27H25N2O5PS. The number of sulfonamides is 1. The van der Waals surface area contributed by atoms with Crippen LogP contribution >= 0.6 is 7.60 Å². The molecule has 0 bridgehead atoms. The molecule has 184 valence electrons. The molecule has 1 aromatic heterocycles. The Kier molecular flexibility index (Phi) is 8.00. The van der Waals surface area contributed by atoms with E-state index in [1.165, 1.54) is 12.1 Å². The molecule has 7 nitrogen and oxygen atoms in total. The maximum atomic E-state index is 14.4. The molecule has 0 saturated heterocycles. The van der Waals surface area contributed by atoms with Gasteiger partial charge >= 0.3 is 7.60 Å². The lowest BCUT2D eigenvalue weighted by atomic mass is 10.2. The molecule has 0 fully saturated rings. The Hall–Kier alpha value is -3.71. The zero-order valence-corrected chi connectivity index (χ0v) is 21.2. The van der Waals surface area contributed by atoms with E-state index in [1.807, 2.05) is 30.3 Å². The van der Waals surface area contributed by atoms with Gasteiger partial charge in [0, 0.05) is 5.69 Å².